The molecule has 6 aromatic rings. The number of ether oxygens (including phenoxy) is 3. The number of rotatable bonds is 12. The fraction of sp³-hybridized carbons (Fsp3) is 0.571. The summed E-state index contributed by atoms with van der Waals surface area (Å²) in [6.07, 6.45) is 24.4. The number of hydrogen-bond donors (Lipinski definition) is 1. The topological polar surface area (TPSA) is 147 Å². The highest BCUT2D eigenvalue weighted by Crippen LogP contribution is 2.44. The van der Waals surface area contributed by atoms with E-state index >= 15 is 0 Å². The van der Waals surface area contributed by atoms with Crippen molar-refractivity contribution in [3.63, 3.8) is 0 Å². The van der Waals surface area contributed by atoms with Crippen molar-refractivity contribution in [2.45, 2.75) is 204 Å². The van der Waals surface area contributed by atoms with Crippen LogP contribution in [0.4, 0.5) is 4.79 Å². The Kier molecular flexibility index (Phi) is 16.4. The van der Waals surface area contributed by atoms with Crippen molar-refractivity contribution < 1.29 is 19.0 Å². The average Bonchev–Trinajstić information content (AvgIpc) is 4.33. The quantitative estimate of drug-likeness (QED) is 0.125. The molecule has 0 unspecified atom stereocenters. The molecular weight excluding hydrogens is 961 g/mol. The maximum Gasteiger partial charge on any atom is 0.410 e. The maximum absolute atomic E-state index is 12.6. The van der Waals surface area contributed by atoms with E-state index in [1.165, 1.54) is 125 Å². The smallest absolute Gasteiger partial charge is 0.410 e. The number of amides is 1. The number of piperidine rings is 2. The summed E-state index contributed by atoms with van der Waals surface area (Å²) in [5.74, 6) is 5.67. The van der Waals surface area contributed by atoms with Crippen LogP contribution < -0.4 is 14.8 Å². The van der Waals surface area contributed by atoms with E-state index in [9.17, 15) is 4.79 Å². The molecule has 12 rings (SSSR count). The van der Waals surface area contributed by atoms with Crippen LogP contribution in [0.15, 0.2) is 72.8 Å². The number of benzene rings is 2. The Morgan fingerprint density at radius 3 is 1.27 bits per heavy atom. The molecular formula is C63H82N10O4. The highest BCUT2D eigenvalue weighted by Gasteiger charge is 2.31. The number of nitrogens with zero attached hydrogens (tertiary/aromatic N) is 9. The number of pyridine rings is 2. The van der Waals surface area contributed by atoms with Crippen molar-refractivity contribution in [3.05, 3.63) is 106 Å². The molecule has 4 saturated carbocycles. The Bertz CT molecular complexity index is 2870. The fourth-order valence-corrected chi connectivity index (χ4v) is 13.4. The SMILES string of the molecule is Cc1nnn(C2CCN(C(=O)OC(C)(C)C)CC2)c1-c1cccc(Oc2cc(C3CCCC3)cc(C3CCCC3)c2)n1.Cc1nnn(C2CCNCC2)c1-c1cccc(Oc2cc(C3CCCC3)cc(C3CCCC3)c2)n1. The van der Waals surface area contributed by atoms with Crippen molar-refractivity contribution in [3.8, 4) is 46.0 Å². The van der Waals surface area contributed by atoms with Gasteiger partial charge in [-0.25, -0.2) is 24.1 Å². The highest BCUT2D eigenvalue weighted by molar-refractivity contribution is 5.68. The minimum absolute atomic E-state index is 0.128. The van der Waals surface area contributed by atoms with Gasteiger partial charge in [0, 0.05) is 25.2 Å². The summed E-state index contributed by atoms with van der Waals surface area (Å²) in [7, 11) is 0. The summed E-state index contributed by atoms with van der Waals surface area (Å²) in [6.45, 7) is 13.0. The van der Waals surface area contributed by atoms with Gasteiger partial charge in [0.2, 0.25) is 11.8 Å². The Labute approximate surface area is 456 Å². The zero-order chi connectivity index (χ0) is 52.9. The Balaban J connectivity index is 0.000000166. The van der Waals surface area contributed by atoms with Gasteiger partial charge in [0.1, 0.15) is 28.5 Å². The van der Waals surface area contributed by atoms with Crippen LogP contribution in [-0.4, -0.2) is 82.7 Å². The van der Waals surface area contributed by atoms with E-state index in [4.69, 9.17) is 24.2 Å². The van der Waals surface area contributed by atoms with Crippen molar-refractivity contribution in [2.24, 2.45) is 0 Å². The summed E-state index contributed by atoms with van der Waals surface area (Å²) >= 11 is 0. The van der Waals surface area contributed by atoms with Crippen LogP contribution in [0, 0.1) is 13.8 Å². The number of likely N-dealkylation sites (tertiary alicyclic amines) is 1. The van der Waals surface area contributed by atoms with Gasteiger partial charge >= 0.3 is 6.09 Å². The molecule has 1 amide bonds. The average molecular weight is 1040 g/mol. The summed E-state index contributed by atoms with van der Waals surface area (Å²) in [4.78, 5) is 24.3. The van der Waals surface area contributed by atoms with Gasteiger partial charge in [0.15, 0.2) is 0 Å². The number of hydrogen-bond acceptors (Lipinski definition) is 11. The van der Waals surface area contributed by atoms with Gasteiger partial charge in [-0.05, 0) is 207 Å². The lowest BCUT2D eigenvalue weighted by Gasteiger charge is -2.33. The molecule has 2 saturated heterocycles. The molecule has 0 radical (unpaired) electrons. The molecule has 4 aliphatic carbocycles. The first-order valence-electron chi connectivity index (χ1n) is 29.6. The molecule has 4 aromatic heterocycles. The van der Waals surface area contributed by atoms with Crippen molar-refractivity contribution >= 4 is 6.09 Å². The van der Waals surface area contributed by atoms with Gasteiger partial charge in [0.05, 0.1) is 34.9 Å². The molecule has 1 N–H and O–H groups in total. The largest absolute Gasteiger partial charge is 0.444 e. The number of carbonyl (C=O) groups excluding carboxylic acids is 1. The summed E-state index contributed by atoms with van der Waals surface area (Å²) < 4.78 is 22.6. The molecule has 6 aliphatic rings. The molecule has 6 heterocycles. The molecule has 2 aliphatic heterocycles. The van der Waals surface area contributed by atoms with Crippen LogP contribution >= 0.6 is 0 Å². The normalized spacial score (nSPS) is 19.5. The van der Waals surface area contributed by atoms with Gasteiger partial charge in [-0.15, -0.1) is 10.2 Å². The van der Waals surface area contributed by atoms with Crippen molar-refractivity contribution in [2.75, 3.05) is 26.2 Å². The second-order valence-corrected chi connectivity index (χ2v) is 24.1. The van der Waals surface area contributed by atoms with Crippen LogP contribution in [0.2, 0.25) is 0 Å². The monoisotopic (exact) mass is 1040 g/mol. The van der Waals surface area contributed by atoms with Crippen LogP contribution in [-0.2, 0) is 4.74 Å². The highest BCUT2D eigenvalue weighted by atomic mass is 16.6. The first-order chi connectivity index (χ1) is 37.5. The second-order valence-electron chi connectivity index (χ2n) is 24.1. The Morgan fingerprint density at radius 2 is 0.896 bits per heavy atom. The Hall–Kier alpha value is -6.15. The molecule has 77 heavy (non-hydrogen) atoms. The predicted octanol–water partition coefficient (Wildman–Crippen LogP) is 15.0. The molecule has 14 heteroatoms. The van der Waals surface area contributed by atoms with Crippen LogP contribution in [0.3, 0.4) is 0 Å². The lowest BCUT2D eigenvalue weighted by Crippen LogP contribution is -2.42. The fourth-order valence-electron chi connectivity index (χ4n) is 13.4. The van der Waals surface area contributed by atoms with Crippen molar-refractivity contribution in [1.29, 1.82) is 0 Å². The molecule has 2 aromatic carbocycles. The zero-order valence-corrected chi connectivity index (χ0v) is 46.5. The number of aryl methyl sites for hydroxylation is 2. The lowest BCUT2D eigenvalue weighted by molar-refractivity contribution is 0.0184. The standard InChI is InChI=1S/C34H45N5O3.C29H37N5O/c1-23-32(39(37-36-23)28-16-18-38(19-17-28)33(40)42-34(2,3)4)30-14-9-15-31(35-30)41-29-21-26(24-10-5-6-11-24)20-27(22-29)25-12-7-8-13-25;1-20-29(34(33-32-20)25-13-15-30-16-14-25)27-11-6-12-28(31-27)35-26-18-23(21-7-2-3-8-21)17-24(19-26)22-9-4-5-10-22/h9,14-15,20-22,24-25,28H,5-8,10-13,16-19H2,1-4H3;6,11-12,17-19,21-22,25,30H,2-5,7-10,13-16H2,1H3. The Morgan fingerprint density at radius 1 is 0.519 bits per heavy atom. The van der Waals surface area contributed by atoms with Gasteiger partial charge in [0.25, 0.3) is 0 Å². The summed E-state index contributed by atoms with van der Waals surface area (Å²) in [5.41, 5.74) is 10.6. The predicted molar refractivity (Wildman–Crippen MR) is 301 cm³/mol. The third-order valence-corrected chi connectivity index (χ3v) is 17.4. The lowest BCUT2D eigenvalue weighted by atomic mass is 9.90. The molecule has 408 valence electrons. The van der Waals surface area contributed by atoms with E-state index < -0.39 is 5.60 Å². The summed E-state index contributed by atoms with van der Waals surface area (Å²) in [5, 5.41) is 21.3. The van der Waals surface area contributed by atoms with E-state index in [1.807, 2.05) is 69.6 Å². The maximum atomic E-state index is 12.6. The molecule has 6 fully saturated rings. The third-order valence-electron chi connectivity index (χ3n) is 17.4. The van der Waals surface area contributed by atoms with E-state index in [2.05, 4.69) is 73.1 Å². The molecule has 14 nitrogen and oxygen atoms in total. The second kappa shape index (κ2) is 23.8. The molecule has 0 bridgehead atoms. The van der Waals surface area contributed by atoms with Gasteiger partial charge in [-0.3, -0.25) is 0 Å². The van der Waals surface area contributed by atoms with Crippen molar-refractivity contribution in [1.82, 2.24) is 50.2 Å². The minimum Gasteiger partial charge on any atom is -0.444 e. The number of aromatic nitrogens is 8. The van der Waals surface area contributed by atoms with Crippen LogP contribution in [0.5, 0.6) is 23.3 Å². The van der Waals surface area contributed by atoms with Crippen LogP contribution in [0.1, 0.15) is 219 Å². The zero-order valence-electron chi connectivity index (χ0n) is 46.5. The van der Waals surface area contributed by atoms with Gasteiger partial charge in [-0.2, -0.15) is 0 Å². The van der Waals surface area contributed by atoms with Gasteiger partial charge in [-0.1, -0.05) is 86.1 Å². The van der Waals surface area contributed by atoms with E-state index in [1.54, 1.807) is 4.90 Å². The number of carbonyl (C=O) groups is 1. The third kappa shape index (κ3) is 12.7. The van der Waals surface area contributed by atoms with E-state index in [-0.39, 0.29) is 12.1 Å². The summed E-state index contributed by atoms with van der Waals surface area (Å²) in [6, 6.07) is 26.5. The number of nitrogens with one attached hydrogen (secondary N) is 1. The minimum atomic E-state index is -0.501. The molecule has 0 spiro atoms. The van der Waals surface area contributed by atoms with E-state index in [0.717, 1.165) is 84.4 Å². The molecule has 0 atom stereocenters. The van der Waals surface area contributed by atoms with E-state index in [0.29, 0.717) is 54.6 Å². The van der Waals surface area contributed by atoms with Gasteiger partial charge < -0.3 is 24.4 Å². The first kappa shape index (κ1) is 52.9. The first-order valence-corrected chi connectivity index (χ1v) is 29.6. The van der Waals surface area contributed by atoms with Crippen LogP contribution in [0.25, 0.3) is 22.8 Å².